The average Bonchev–Trinajstić information content (AvgIpc) is 2.46. The van der Waals surface area contributed by atoms with Crippen LogP contribution in [0.4, 0.5) is 10.1 Å². The second kappa shape index (κ2) is 5.71. The van der Waals surface area contributed by atoms with E-state index in [0.717, 1.165) is 11.6 Å². The third-order valence-corrected chi connectivity index (χ3v) is 3.04. The van der Waals surface area contributed by atoms with Crippen LogP contribution in [0.3, 0.4) is 0 Å². The van der Waals surface area contributed by atoms with Gasteiger partial charge < -0.3 is 15.7 Å². The predicted molar refractivity (Wildman–Crippen MR) is 75.1 cm³/mol. The van der Waals surface area contributed by atoms with E-state index >= 15 is 0 Å². The van der Waals surface area contributed by atoms with Crippen LogP contribution in [0.15, 0.2) is 42.5 Å². The van der Waals surface area contributed by atoms with Crippen LogP contribution >= 0.6 is 0 Å². The highest BCUT2D eigenvalue weighted by molar-refractivity contribution is 6.07. The van der Waals surface area contributed by atoms with Gasteiger partial charge in [-0.25, -0.2) is 4.39 Å². The molecule has 0 aliphatic carbocycles. The first kappa shape index (κ1) is 14.0. The van der Waals surface area contributed by atoms with Gasteiger partial charge in [-0.05, 0) is 29.8 Å². The molecule has 4 nitrogen and oxygen atoms in total. The van der Waals surface area contributed by atoms with E-state index in [-0.39, 0.29) is 11.3 Å². The molecular formula is C15H15FN2O2. The lowest BCUT2D eigenvalue weighted by Crippen LogP contribution is -2.27. The molecule has 0 saturated carbocycles. The lowest BCUT2D eigenvalue weighted by Gasteiger charge is -2.19. The highest BCUT2D eigenvalue weighted by atomic mass is 19.1. The van der Waals surface area contributed by atoms with Gasteiger partial charge in [0, 0.05) is 19.3 Å². The predicted octanol–water partition coefficient (Wildman–Crippen LogP) is 2.27. The van der Waals surface area contributed by atoms with Crippen LogP contribution in [0, 0.1) is 5.82 Å². The molecule has 0 saturated heterocycles. The first-order valence-electron chi connectivity index (χ1n) is 6.09. The average molecular weight is 274 g/mol. The molecule has 0 atom stereocenters. The number of phenols is 1. The second-order valence-electron chi connectivity index (χ2n) is 4.37. The van der Waals surface area contributed by atoms with Crippen LogP contribution in [-0.2, 0) is 6.54 Å². The number of hydrogen-bond donors (Lipinski definition) is 2. The third kappa shape index (κ3) is 2.62. The highest BCUT2D eigenvalue weighted by Crippen LogP contribution is 2.24. The Morgan fingerprint density at radius 1 is 1.30 bits per heavy atom. The minimum atomic E-state index is -0.753. The Morgan fingerprint density at radius 2 is 2.00 bits per heavy atom. The number of aromatic hydroxyl groups is 1. The quantitative estimate of drug-likeness (QED) is 0.902. The maximum atomic E-state index is 13.7. The maximum Gasteiger partial charge on any atom is 0.264 e. The van der Waals surface area contributed by atoms with E-state index in [1.165, 1.54) is 24.1 Å². The van der Waals surface area contributed by atoms with Crippen LogP contribution < -0.4 is 10.6 Å². The van der Waals surface area contributed by atoms with Gasteiger partial charge in [-0.3, -0.25) is 4.79 Å². The Labute approximate surface area is 116 Å². The normalized spacial score (nSPS) is 10.3. The first-order valence-corrected chi connectivity index (χ1v) is 6.09. The largest absolute Gasteiger partial charge is 0.507 e. The number of nitrogens with zero attached hydrogens (tertiary/aromatic N) is 1. The molecule has 0 aromatic heterocycles. The molecule has 0 aliphatic heterocycles. The zero-order valence-electron chi connectivity index (χ0n) is 11.0. The minimum Gasteiger partial charge on any atom is -0.507 e. The Balaban J connectivity index is 2.37. The molecule has 20 heavy (non-hydrogen) atoms. The number of nitrogens with two attached hydrogens (primary N) is 1. The lowest BCUT2D eigenvalue weighted by atomic mass is 10.1. The van der Waals surface area contributed by atoms with Crippen molar-refractivity contribution in [1.82, 2.24) is 0 Å². The van der Waals surface area contributed by atoms with Crippen molar-refractivity contribution < 1.29 is 14.3 Å². The summed E-state index contributed by atoms with van der Waals surface area (Å²) < 4.78 is 13.7. The van der Waals surface area contributed by atoms with E-state index < -0.39 is 11.7 Å². The molecule has 104 valence electrons. The lowest BCUT2D eigenvalue weighted by molar-refractivity contribution is 0.0986. The Hall–Kier alpha value is -2.40. The van der Waals surface area contributed by atoms with Crippen molar-refractivity contribution in [3.05, 3.63) is 59.4 Å². The zero-order chi connectivity index (χ0) is 14.7. The van der Waals surface area contributed by atoms with E-state index in [9.17, 15) is 14.3 Å². The van der Waals surface area contributed by atoms with E-state index in [1.807, 2.05) is 6.07 Å². The smallest absolute Gasteiger partial charge is 0.264 e. The fourth-order valence-corrected chi connectivity index (χ4v) is 1.90. The van der Waals surface area contributed by atoms with E-state index in [2.05, 4.69) is 0 Å². The van der Waals surface area contributed by atoms with Crippen molar-refractivity contribution in [3.8, 4) is 5.75 Å². The van der Waals surface area contributed by atoms with Crippen molar-refractivity contribution in [3.63, 3.8) is 0 Å². The van der Waals surface area contributed by atoms with E-state index in [0.29, 0.717) is 12.2 Å². The van der Waals surface area contributed by atoms with Gasteiger partial charge >= 0.3 is 0 Å². The minimum absolute atomic E-state index is 0.340. The number of amides is 1. The van der Waals surface area contributed by atoms with Crippen molar-refractivity contribution >= 4 is 11.6 Å². The summed E-state index contributed by atoms with van der Waals surface area (Å²) in [4.78, 5) is 13.6. The van der Waals surface area contributed by atoms with Crippen LogP contribution in [0.2, 0.25) is 0 Å². The summed E-state index contributed by atoms with van der Waals surface area (Å²) in [5, 5.41) is 9.65. The molecular weight excluding hydrogens is 259 g/mol. The van der Waals surface area contributed by atoms with Gasteiger partial charge in [-0.2, -0.15) is 0 Å². The monoisotopic (exact) mass is 274 g/mol. The van der Waals surface area contributed by atoms with Gasteiger partial charge in [0.2, 0.25) is 0 Å². The molecule has 2 aromatic rings. The summed E-state index contributed by atoms with van der Waals surface area (Å²) in [7, 11) is 1.52. The van der Waals surface area contributed by atoms with E-state index in [4.69, 9.17) is 5.73 Å². The number of hydrogen-bond acceptors (Lipinski definition) is 3. The molecule has 0 radical (unpaired) electrons. The number of benzene rings is 2. The fourth-order valence-electron chi connectivity index (χ4n) is 1.90. The topological polar surface area (TPSA) is 66.6 Å². The molecule has 0 unspecified atom stereocenters. The molecule has 3 N–H and O–H groups in total. The summed E-state index contributed by atoms with van der Waals surface area (Å²) in [6, 6.07) is 10.8. The van der Waals surface area contributed by atoms with E-state index in [1.54, 1.807) is 18.2 Å². The molecule has 0 heterocycles. The summed E-state index contributed by atoms with van der Waals surface area (Å²) in [5.74, 6) is -1.75. The third-order valence-electron chi connectivity index (χ3n) is 3.04. The summed E-state index contributed by atoms with van der Waals surface area (Å²) >= 11 is 0. The summed E-state index contributed by atoms with van der Waals surface area (Å²) in [5.41, 5.74) is 6.66. The van der Waals surface area contributed by atoms with Gasteiger partial charge in [0.05, 0.1) is 0 Å². The Bertz CT molecular complexity index is 623. The van der Waals surface area contributed by atoms with Gasteiger partial charge in [-0.1, -0.05) is 18.2 Å². The standard InChI is InChI=1S/C15H15FN2O2/c1-18(11-5-2-4-10(8-11)9-17)15(20)14-12(16)6-3-7-13(14)19/h2-8,19H,9,17H2,1H3. The van der Waals surface area contributed by atoms with Gasteiger partial charge in [0.1, 0.15) is 17.1 Å². The maximum absolute atomic E-state index is 13.7. The zero-order valence-corrected chi connectivity index (χ0v) is 11.0. The molecule has 0 aliphatic rings. The number of carbonyl (C=O) groups is 1. The van der Waals surface area contributed by atoms with Crippen LogP contribution in [0.1, 0.15) is 15.9 Å². The van der Waals surface area contributed by atoms with Crippen molar-refractivity contribution in [2.75, 3.05) is 11.9 Å². The molecule has 0 bridgehead atoms. The molecule has 2 rings (SSSR count). The van der Waals surface area contributed by atoms with Gasteiger partial charge in [0.25, 0.3) is 5.91 Å². The number of halogens is 1. The number of rotatable bonds is 3. The molecule has 0 fully saturated rings. The molecule has 2 aromatic carbocycles. The fraction of sp³-hybridized carbons (Fsp3) is 0.133. The van der Waals surface area contributed by atoms with Crippen molar-refractivity contribution in [2.45, 2.75) is 6.54 Å². The van der Waals surface area contributed by atoms with Crippen LogP contribution in [0.5, 0.6) is 5.75 Å². The van der Waals surface area contributed by atoms with Crippen molar-refractivity contribution in [1.29, 1.82) is 0 Å². The second-order valence-corrected chi connectivity index (χ2v) is 4.37. The van der Waals surface area contributed by atoms with Gasteiger partial charge in [-0.15, -0.1) is 0 Å². The van der Waals surface area contributed by atoms with Crippen LogP contribution in [0.25, 0.3) is 0 Å². The van der Waals surface area contributed by atoms with Crippen LogP contribution in [-0.4, -0.2) is 18.1 Å². The Morgan fingerprint density at radius 3 is 2.65 bits per heavy atom. The van der Waals surface area contributed by atoms with Gasteiger partial charge in [0.15, 0.2) is 0 Å². The first-order chi connectivity index (χ1) is 9.54. The summed E-state index contributed by atoms with van der Waals surface area (Å²) in [6.07, 6.45) is 0. The highest BCUT2D eigenvalue weighted by Gasteiger charge is 2.21. The SMILES string of the molecule is CN(C(=O)c1c(O)cccc1F)c1cccc(CN)c1. The number of phenolic OH excluding ortho intramolecular Hbond substituents is 1. The summed E-state index contributed by atoms with van der Waals surface area (Å²) in [6.45, 7) is 0.348. The molecule has 1 amide bonds. The molecule has 0 spiro atoms. The number of carbonyl (C=O) groups excluding carboxylic acids is 1. The number of anilines is 1. The molecule has 5 heteroatoms. The Kier molecular flexibility index (Phi) is 4.00. The van der Waals surface area contributed by atoms with Crippen molar-refractivity contribution in [2.24, 2.45) is 5.73 Å².